The van der Waals surface area contributed by atoms with Gasteiger partial charge in [-0.15, -0.1) is 0 Å². The van der Waals surface area contributed by atoms with Crippen LogP contribution in [-0.4, -0.2) is 31.3 Å². The molecule has 0 spiro atoms. The summed E-state index contributed by atoms with van der Waals surface area (Å²) in [7, 11) is 1.48. The first kappa shape index (κ1) is 23.4. The van der Waals surface area contributed by atoms with Crippen LogP contribution in [0.1, 0.15) is 26.5 Å². The van der Waals surface area contributed by atoms with Gasteiger partial charge in [0, 0.05) is 29.7 Å². The number of carbonyl (C=O) groups is 3. The van der Waals surface area contributed by atoms with Crippen LogP contribution in [0.25, 0.3) is 0 Å². The van der Waals surface area contributed by atoms with Gasteiger partial charge in [-0.3, -0.25) is 14.4 Å². The van der Waals surface area contributed by atoms with Crippen molar-refractivity contribution in [1.29, 1.82) is 0 Å². The smallest absolute Gasteiger partial charge is 0.418 e. The fraction of sp³-hybridized carbons (Fsp3) is 0.136. The normalized spacial score (nSPS) is 10.9. The molecule has 11 heteroatoms. The number of nitrogens with one attached hydrogen (secondary N) is 4. The van der Waals surface area contributed by atoms with E-state index in [1.165, 1.54) is 55.8 Å². The number of alkyl halides is 3. The van der Waals surface area contributed by atoms with Gasteiger partial charge < -0.3 is 25.7 Å². The zero-order valence-electron chi connectivity index (χ0n) is 17.2. The molecule has 0 aliphatic carbocycles. The van der Waals surface area contributed by atoms with Crippen LogP contribution >= 0.6 is 0 Å². The van der Waals surface area contributed by atoms with Gasteiger partial charge in [-0.2, -0.15) is 13.2 Å². The quantitative estimate of drug-likeness (QED) is 0.426. The molecule has 2 aromatic carbocycles. The molecule has 0 unspecified atom stereocenters. The SMILES string of the molecule is CNC(=O)c1ccc(NC(=O)CNc2ccc(NC(=O)c3ccco3)cc2C(F)(F)F)cc1. The summed E-state index contributed by atoms with van der Waals surface area (Å²) < 4.78 is 45.5. The number of hydrogen-bond acceptors (Lipinski definition) is 5. The summed E-state index contributed by atoms with van der Waals surface area (Å²) in [5, 5.41) is 9.78. The minimum atomic E-state index is -4.74. The highest BCUT2D eigenvalue weighted by molar-refractivity contribution is 6.02. The Balaban J connectivity index is 1.66. The maximum Gasteiger partial charge on any atom is 0.418 e. The topological polar surface area (TPSA) is 112 Å². The van der Waals surface area contributed by atoms with Gasteiger partial charge in [-0.1, -0.05) is 0 Å². The molecule has 0 fully saturated rings. The molecular weight excluding hydrogens is 441 g/mol. The van der Waals surface area contributed by atoms with Crippen LogP contribution in [-0.2, 0) is 11.0 Å². The Morgan fingerprint density at radius 1 is 0.909 bits per heavy atom. The Labute approximate surface area is 186 Å². The number of anilines is 3. The Hall–Kier alpha value is -4.28. The van der Waals surface area contributed by atoms with Crippen molar-refractivity contribution in [2.75, 3.05) is 29.5 Å². The van der Waals surface area contributed by atoms with Crippen LogP contribution in [0.5, 0.6) is 0 Å². The third kappa shape index (κ3) is 6.12. The van der Waals surface area contributed by atoms with Gasteiger partial charge in [0.05, 0.1) is 18.4 Å². The fourth-order valence-corrected chi connectivity index (χ4v) is 2.84. The van der Waals surface area contributed by atoms with E-state index >= 15 is 0 Å². The molecule has 4 N–H and O–H groups in total. The van der Waals surface area contributed by atoms with Crippen LogP contribution in [0.3, 0.4) is 0 Å². The molecule has 0 bridgehead atoms. The molecule has 0 saturated heterocycles. The van der Waals surface area contributed by atoms with E-state index in [1.54, 1.807) is 0 Å². The highest BCUT2D eigenvalue weighted by Gasteiger charge is 2.34. The predicted molar refractivity (Wildman–Crippen MR) is 115 cm³/mol. The number of furan rings is 1. The van der Waals surface area contributed by atoms with Crippen molar-refractivity contribution < 1.29 is 32.0 Å². The third-order valence-corrected chi connectivity index (χ3v) is 4.43. The summed E-state index contributed by atoms with van der Waals surface area (Å²) in [6.07, 6.45) is -3.47. The summed E-state index contributed by atoms with van der Waals surface area (Å²) in [6, 6.07) is 12.0. The van der Waals surface area contributed by atoms with E-state index < -0.39 is 30.1 Å². The predicted octanol–water partition coefficient (Wildman–Crippen LogP) is 3.96. The first-order valence-electron chi connectivity index (χ1n) is 9.59. The maximum atomic E-state index is 13.5. The third-order valence-electron chi connectivity index (χ3n) is 4.43. The number of amides is 3. The van der Waals surface area contributed by atoms with Crippen LogP contribution < -0.4 is 21.3 Å². The van der Waals surface area contributed by atoms with Crippen LogP contribution in [0.15, 0.2) is 65.3 Å². The molecule has 0 radical (unpaired) electrons. The second-order valence-electron chi connectivity index (χ2n) is 6.75. The van der Waals surface area contributed by atoms with Crippen molar-refractivity contribution in [2.45, 2.75) is 6.18 Å². The summed E-state index contributed by atoms with van der Waals surface area (Å²) in [5.74, 6) is -1.63. The molecule has 3 aromatic rings. The largest absolute Gasteiger partial charge is 0.459 e. The Bertz CT molecular complexity index is 1140. The Morgan fingerprint density at radius 3 is 2.21 bits per heavy atom. The van der Waals surface area contributed by atoms with E-state index in [0.29, 0.717) is 11.3 Å². The zero-order chi connectivity index (χ0) is 24.0. The first-order chi connectivity index (χ1) is 15.7. The molecule has 3 rings (SSSR count). The van der Waals surface area contributed by atoms with Crippen molar-refractivity contribution in [3.8, 4) is 0 Å². The van der Waals surface area contributed by atoms with Crippen molar-refractivity contribution in [3.63, 3.8) is 0 Å². The number of rotatable bonds is 7. The van der Waals surface area contributed by atoms with Gasteiger partial charge in [0.15, 0.2) is 5.76 Å². The van der Waals surface area contributed by atoms with Gasteiger partial charge in [-0.05, 0) is 54.6 Å². The molecule has 0 atom stereocenters. The van der Waals surface area contributed by atoms with Gasteiger partial charge in [0.1, 0.15) is 0 Å². The lowest BCUT2D eigenvalue weighted by atomic mass is 10.1. The average Bonchev–Trinajstić information content (AvgIpc) is 3.33. The van der Waals surface area contributed by atoms with Gasteiger partial charge in [-0.25, -0.2) is 0 Å². The summed E-state index contributed by atoms with van der Waals surface area (Å²) in [6.45, 7) is -0.446. The highest BCUT2D eigenvalue weighted by atomic mass is 19.4. The molecule has 0 aliphatic heterocycles. The lowest BCUT2D eigenvalue weighted by molar-refractivity contribution is -0.137. The molecule has 33 heavy (non-hydrogen) atoms. The number of hydrogen-bond donors (Lipinski definition) is 4. The van der Waals surface area contributed by atoms with Crippen LogP contribution in [0.2, 0.25) is 0 Å². The van der Waals surface area contributed by atoms with Crippen molar-refractivity contribution >= 4 is 34.8 Å². The fourth-order valence-electron chi connectivity index (χ4n) is 2.84. The average molecular weight is 460 g/mol. The minimum Gasteiger partial charge on any atom is -0.459 e. The van der Waals surface area contributed by atoms with Gasteiger partial charge in [0.2, 0.25) is 5.91 Å². The molecule has 0 saturated carbocycles. The van der Waals surface area contributed by atoms with E-state index in [-0.39, 0.29) is 23.0 Å². The highest BCUT2D eigenvalue weighted by Crippen LogP contribution is 2.36. The lowest BCUT2D eigenvalue weighted by Gasteiger charge is -2.16. The van der Waals surface area contributed by atoms with Crippen LogP contribution in [0.4, 0.5) is 30.2 Å². The van der Waals surface area contributed by atoms with E-state index in [9.17, 15) is 27.6 Å². The maximum absolute atomic E-state index is 13.5. The second-order valence-corrected chi connectivity index (χ2v) is 6.75. The monoisotopic (exact) mass is 460 g/mol. The number of carbonyl (C=O) groups excluding carboxylic acids is 3. The molecule has 1 aromatic heterocycles. The molecule has 3 amide bonds. The van der Waals surface area contributed by atoms with E-state index in [1.807, 2.05) is 0 Å². The molecule has 1 heterocycles. The number of halogens is 3. The number of benzene rings is 2. The Kier molecular flexibility index (Phi) is 7.01. The summed E-state index contributed by atoms with van der Waals surface area (Å²) in [4.78, 5) is 35.7. The standard InChI is InChI=1S/C22H19F3N4O4/c1-26-20(31)13-4-6-14(7-5-13)28-19(30)12-27-17-9-8-15(11-16(17)22(23,24)25)29-21(32)18-3-2-10-33-18/h2-11,27H,12H2,1H3,(H,26,31)(H,28,30)(H,29,32). The molecule has 172 valence electrons. The second kappa shape index (κ2) is 9.90. The van der Waals surface area contributed by atoms with E-state index in [4.69, 9.17) is 4.42 Å². The molecule has 0 aliphatic rings. The lowest BCUT2D eigenvalue weighted by Crippen LogP contribution is -2.23. The Morgan fingerprint density at radius 2 is 1.61 bits per heavy atom. The summed E-state index contributed by atoms with van der Waals surface area (Å²) in [5.41, 5.74) is -0.704. The minimum absolute atomic E-state index is 0.0502. The van der Waals surface area contributed by atoms with Crippen LogP contribution in [0, 0.1) is 0 Å². The van der Waals surface area contributed by atoms with Gasteiger partial charge in [0.25, 0.3) is 11.8 Å². The van der Waals surface area contributed by atoms with Crippen molar-refractivity contribution in [3.05, 3.63) is 77.7 Å². The van der Waals surface area contributed by atoms with E-state index in [2.05, 4.69) is 21.3 Å². The van der Waals surface area contributed by atoms with Crippen molar-refractivity contribution in [1.82, 2.24) is 5.32 Å². The zero-order valence-corrected chi connectivity index (χ0v) is 17.2. The van der Waals surface area contributed by atoms with Gasteiger partial charge >= 0.3 is 6.18 Å². The first-order valence-corrected chi connectivity index (χ1v) is 9.59. The van der Waals surface area contributed by atoms with E-state index in [0.717, 1.165) is 12.1 Å². The van der Waals surface area contributed by atoms with Crippen molar-refractivity contribution in [2.24, 2.45) is 0 Å². The summed E-state index contributed by atoms with van der Waals surface area (Å²) >= 11 is 0. The molecule has 8 nitrogen and oxygen atoms in total. The molecular formula is C22H19F3N4O4.